The van der Waals surface area contributed by atoms with E-state index in [1.54, 1.807) is 0 Å². The fourth-order valence-electron chi connectivity index (χ4n) is 2.60. The summed E-state index contributed by atoms with van der Waals surface area (Å²) >= 11 is 0. The molecule has 0 saturated heterocycles. The minimum absolute atomic E-state index is 0.632. The van der Waals surface area contributed by atoms with Crippen molar-refractivity contribution >= 4 is 5.71 Å². The average Bonchev–Trinajstić information content (AvgIpc) is 2.03. The first-order chi connectivity index (χ1) is 5.42. The fourth-order valence-corrected chi connectivity index (χ4v) is 2.60. The summed E-state index contributed by atoms with van der Waals surface area (Å²) in [5, 5.41) is 12.2. The number of hydrogen-bond acceptors (Lipinski definition) is 2. The Morgan fingerprint density at radius 1 is 1.00 bits per heavy atom. The van der Waals surface area contributed by atoms with Gasteiger partial charge in [0.05, 0.1) is 5.71 Å². The van der Waals surface area contributed by atoms with Crippen LogP contribution in [-0.4, -0.2) is 10.9 Å². The molecule has 0 spiro atoms. The molecule has 0 heterocycles. The lowest BCUT2D eigenvalue weighted by molar-refractivity contribution is 0.280. The summed E-state index contributed by atoms with van der Waals surface area (Å²) in [5.41, 5.74) is 1.11. The Hall–Kier alpha value is -0.530. The van der Waals surface area contributed by atoms with Crippen LogP contribution in [0.4, 0.5) is 0 Å². The monoisotopic (exact) mass is 153 g/mol. The van der Waals surface area contributed by atoms with Crippen LogP contribution >= 0.6 is 0 Å². The molecule has 1 N–H and O–H groups in total. The van der Waals surface area contributed by atoms with E-state index in [0.29, 0.717) is 11.8 Å². The standard InChI is InChI=1S/C9H15NO/c11-10-9-7-3-1-4-8(9)6-2-5-7/h7-8,11H,1-6H2. The molecule has 2 aliphatic carbocycles. The zero-order valence-electron chi connectivity index (χ0n) is 6.79. The van der Waals surface area contributed by atoms with Crippen molar-refractivity contribution in [3.05, 3.63) is 0 Å². The Morgan fingerprint density at radius 2 is 1.45 bits per heavy atom. The third-order valence-electron chi connectivity index (χ3n) is 3.16. The lowest BCUT2D eigenvalue weighted by Crippen LogP contribution is -2.32. The van der Waals surface area contributed by atoms with Crippen molar-refractivity contribution in [1.82, 2.24) is 0 Å². The predicted octanol–water partition coefficient (Wildman–Crippen LogP) is 2.42. The van der Waals surface area contributed by atoms with Crippen LogP contribution in [-0.2, 0) is 0 Å². The van der Waals surface area contributed by atoms with Gasteiger partial charge in [0.1, 0.15) is 0 Å². The maximum Gasteiger partial charge on any atom is 0.0632 e. The molecule has 0 amide bonds. The zero-order valence-corrected chi connectivity index (χ0v) is 6.79. The molecule has 0 unspecified atom stereocenters. The van der Waals surface area contributed by atoms with E-state index in [0.717, 1.165) is 5.71 Å². The van der Waals surface area contributed by atoms with Crippen LogP contribution in [0.5, 0.6) is 0 Å². The van der Waals surface area contributed by atoms with Gasteiger partial charge in [-0.3, -0.25) is 0 Å². The molecule has 2 heteroatoms. The minimum Gasteiger partial charge on any atom is -0.411 e. The van der Waals surface area contributed by atoms with Crippen molar-refractivity contribution in [1.29, 1.82) is 0 Å². The molecule has 0 radical (unpaired) electrons. The van der Waals surface area contributed by atoms with Gasteiger partial charge in [0.15, 0.2) is 0 Å². The molecule has 2 bridgehead atoms. The molecule has 0 aromatic rings. The van der Waals surface area contributed by atoms with E-state index in [9.17, 15) is 0 Å². The van der Waals surface area contributed by atoms with E-state index in [1.807, 2.05) is 0 Å². The highest BCUT2D eigenvalue weighted by Gasteiger charge is 2.32. The van der Waals surface area contributed by atoms with Gasteiger partial charge in [-0.1, -0.05) is 18.0 Å². The van der Waals surface area contributed by atoms with E-state index >= 15 is 0 Å². The highest BCUT2D eigenvalue weighted by molar-refractivity contribution is 5.89. The van der Waals surface area contributed by atoms with Crippen molar-refractivity contribution < 1.29 is 5.21 Å². The number of fused-ring (bicyclic) bond motifs is 2. The summed E-state index contributed by atoms with van der Waals surface area (Å²) in [6, 6.07) is 0. The number of nitrogens with zero attached hydrogens (tertiary/aromatic N) is 1. The predicted molar refractivity (Wildman–Crippen MR) is 43.9 cm³/mol. The summed E-state index contributed by atoms with van der Waals surface area (Å²) in [4.78, 5) is 0. The van der Waals surface area contributed by atoms with E-state index in [-0.39, 0.29) is 0 Å². The molecule has 2 saturated carbocycles. The van der Waals surface area contributed by atoms with Crippen molar-refractivity contribution in [2.75, 3.05) is 0 Å². The molecule has 2 fully saturated rings. The van der Waals surface area contributed by atoms with Crippen LogP contribution in [0.3, 0.4) is 0 Å². The van der Waals surface area contributed by atoms with E-state index in [1.165, 1.54) is 38.5 Å². The summed E-state index contributed by atoms with van der Waals surface area (Å²) in [6.07, 6.45) is 7.72. The minimum atomic E-state index is 0.632. The molecule has 0 aliphatic heterocycles. The Kier molecular flexibility index (Phi) is 1.84. The van der Waals surface area contributed by atoms with Gasteiger partial charge in [0.25, 0.3) is 0 Å². The zero-order chi connectivity index (χ0) is 7.68. The van der Waals surface area contributed by atoms with Gasteiger partial charge in [-0.15, -0.1) is 0 Å². The first-order valence-electron chi connectivity index (χ1n) is 4.63. The van der Waals surface area contributed by atoms with Crippen LogP contribution in [0.25, 0.3) is 0 Å². The molecule has 2 nitrogen and oxygen atoms in total. The van der Waals surface area contributed by atoms with Gasteiger partial charge in [-0.05, 0) is 25.7 Å². The third-order valence-corrected chi connectivity index (χ3v) is 3.16. The quantitative estimate of drug-likeness (QED) is 0.420. The largest absolute Gasteiger partial charge is 0.411 e. The number of hydrogen-bond donors (Lipinski definition) is 1. The second-order valence-electron chi connectivity index (χ2n) is 3.78. The van der Waals surface area contributed by atoms with Crippen LogP contribution in [0.2, 0.25) is 0 Å². The van der Waals surface area contributed by atoms with Crippen LogP contribution in [0.1, 0.15) is 38.5 Å². The van der Waals surface area contributed by atoms with Crippen molar-refractivity contribution in [3.8, 4) is 0 Å². The molecule has 0 atom stereocenters. The van der Waals surface area contributed by atoms with E-state index in [2.05, 4.69) is 5.16 Å². The summed E-state index contributed by atoms with van der Waals surface area (Å²) < 4.78 is 0. The Balaban J connectivity index is 2.17. The number of rotatable bonds is 0. The third kappa shape index (κ3) is 1.15. The van der Waals surface area contributed by atoms with Crippen LogP contribution in [0.15, 0.2) is 5.16 Å². The molecular weight excluding hydrogens is 138 g/mol. The molecule has 11 heavy (non-hydrogen) atoms. The summed E-state index contributed by atoms with van der Waals surface area (Å²) in [5.74, 6) is 1.26. The summed E-state index contributed by atoms with van der Waals surface area (Å²) in [7, 11) is 0. The highest BCUT2D eigenvalue weighted by Crippen LogP contribution is 2.37. The normalized spacial score (nSPS) is 36.9. The van der Waals surface area contributed by atoms with Gasteiger partial charge in [-0.25, -0.2) is 0 Å². The topological polar surface area (TPSA) is 32.6 Å². The molecule has 62 valence electrons. The van der Waals surface area contributed by atoms with Crippen molar-refractivity contribution in [2.24, 2.45) is 17.0 Å². The second-order valence-corrected chi connectivity index (χ2v) is 3.78. The summed E-state index contributed by atoms with van der Waals surface area (Å²) in [6.45, 7) is 0. The van der Waals surface area contributed by atoms with Gasteiger partial charge in [-0.2, -0.15) is 0 Å². The molecule has 0 aromatic carbocycles. The Labute approximate surface area is 67.3 Å². The molecule has 2 aliphatic rings. The fraction of sp³-hybridized carbons (Fsp3) is 0.889. The molecular formula is C9H15NO. The molecule has 2 rings (SSSR count). The van der Waals surface area contributed by atoms with E-state index < -0.39 is 0 Å². The molecule has 0 aromatic heterocycles. The maximum atomic E-state index is 8.78. The van der Waals surface area contributed by atoms with Gasteiger partial charge in [0, 0.05) is 11.8 Å². The van der Waals surface area contributed by atoms with E-state index in [4.69, 9.17) is 5.21 Å². The van der Waals surface area contributed by atoms with Crippen LogP contribution in [0, 0.1) is 11.8 Å². The Morgan fingerprint density at radius 3 is 1.73 bits per heavy atom. The lowest BCUT2D eigenvalue weighted by Gasteiger charge is -2.34. The van der Waals surface area contributed by atoms with Gasteiger partial charge in [0.2, 0.25) is 0 Å². The lowest BCUT2D eigenvalue weighted by atomic mass is 9.71. The first kappa shape index (κ1) is 7.14. The number of oxime groups is 1. The maximum absolute atomic E-state index is 8.78. The highest BCUT2D eigenvalue weighted by atomic mass is 16.4. The SMILES string of the molecule is ON=C1C2CCCC1CCC2. The van der Waals surface area contributed by atoms with Gasteiger partial charge < -0.3 is 5.21 Å². The average molecular weight is 153 g/mol. The Bertz CT molecular complexity index is 152. The van der Waals surface area contributed by atoms with Gasteiger partial charge >= 0.3 is 0 Å². The first-order valence-corrected chi connectivity index (χ1v) is 4.63. The van der Waals surface area contributed by atoms with Crippen molar-refractivity contribution in [2.45, 2.75) is 38.5 Å². The smallest absolute Gasteiger partial charge is 0.0632 e. The van der Waals surface area contributed by atoms with Crippen molar-refractivity contribution in [3.63, 3.8) is 0 Å². The van der Waals surface area contributed by atoms with Crippen LogP contribution < -0.4 is 0 Å². The second kappa shape index (κ2) is 2.84.